The fourth-order valence-corrected chi connectivity index (χ4v) is 3.26. The smallest absolute Gasteiger partial charge is 0.304 e. The number of hydrogen-bond acceptors (Lipinski definition) is 2. The van der Waals surface area contributed by atoms with Gasteiger partial charge in [-0.05, 0) is 30.6 Å². The first-order valence-corrected chi connectivity index (χ1v) is 5.75. The quantitative estimate of drug-likeness (QED) is 0.756. The van der Waals surface area contributed by atoms with Crippen LogP contribution in [0.15, 0.2) is 0 Å². The fraction of sp³-hybridized carbons (Fsp3) is 0.917. The van der Waals surface area contributed by atoms with Crippen molar-refractivity contribution in [1.29, 1.82) is 0 Å². The summed E-state index contributed by atoms with van der Waals surface area (Å²) in [6, 6.07) is 0. The Bertz CT molecular complexity index is 225. The number of aliphatic hydroxyl groups is 1. The summed E-state index contributed by atoms with van der Waals surface area (Å²) in [5.41, 5.74) is -0.404. The summed E-state index contributed by atoms with van der Waals surface area (Å²) >= 11 is 0. The molecule has 0 aromatic heterocycles. The molecule has 0 aliphatic heterocycles. The van der Waals surface area contributed by atoms with Crippen molar-refractivity contribution in [3.8, 4) is 0 Å². The molecule has 0 spiro atoms. The van der Waals surface area contributed by atoms with E-state index in [-0.39, 0.29) is 24.9 Å². The van der Waals surface area contributed by atoms with Gasteiger partial charge in [-0.3, -0.25) is 4.79 Å². The van der Waals surface area contributed by atoms with Gasteiger partial charge >= 0.3 is 5.97 Å². The first-order valence-electron chi connectivity index (χ1n) is 5.75. The predicted molar refractivity (Wildman–Crippen MR) is 58.5 cm³/mol. The van der Waals surface area contributed by atoms with Crippen molar-refractivity contribution in [2.45, 2.75) is 40.0 Å². The van der Waals surface area contributed by atoms with E-state index in [4.69, 9.17) is 5.11 Å². The van der Waals surface area contributed by atoms with Gasteiger partial charge in [0.2, 0.25) is 0 Å². The standard InChI is InChI=1S/C12H22O3/c1-8-4-9(2)12(7-13,6-11(14)15)10(3)5-8/h8-10,13H,4-7H2,1-3H3,(H,14,15). The number of rotatable bonds is 3. The summed E-state index contributed by atoms with van der Waals surface area (Å²) in [5, 5.41) is 18.5. The van der Waals surface area contributed by atoms with E-state index in [1.807, 2.05) is 0 Å². The van der Waals surface area contributed by atoms with Crippen LogP contribution in [-0.2, 0) is 4.79 Å². The lowest BCUT2D eigenvalue weighted by Crippen LogP contribution is -2.45. The maximum atomic E-state index is 10.9. The van der Waals surface area contributed by atoms with Crippen molar-refractivity contribution in [1.82, 2.24) is 0 Å². The maximum absolute atomic E-state index is 10.9. The molecule has 3 nitrogen and oxygen atoms in total. The van der Waals surface area contributed by atoms with Crippen molar-refractivity contribution < 1.29 is 15.0 Å². The Balaban J connectivity index is 2.89. The molecule has 88 valence electrons. The summed E-state index contributed by atoms with van der Waals surface area (Å²) in [6.45, 7) is 6.35. The van der Waals surface area contributed by atoms with E-state index in [0.29, 0.717) is 5.92 Å². The molecule has 0 amide bonds. The van der Waals surface area contributed by atoms with Crippen LogP contribution in [0.5, 0.6) is 0 Å². The molecule has 3 heteroatoms. The van der Waals surface area contributed by atoms with E-state index >= 15 is 0 Å². The van der Waals surface area contributed by atoms with Gasteiger partial charge in [0.15, 0.2) is 0 Å². The SMILES string of the molecule is CC1CC(C)C(CO)(CC(=O)O)C(C)C1. The van der Waals surface area contributed by atoms with E-state index < -0.39 is 11.4 Å². The Morgan fingerprint density at radius 1 is 1.27 bits per heavy atom. The summed E-state index contributed by atoms with van der Waals surface area (Å²) in [5.74, 6) is 0.426. The Morgan fingerprint density at radius 2 is 1.73 bits per heavy atom. The molecular formula is C12H22O3. The average Bonchev–Trinajstić information content (AvgIpc) is 2.11. The molecule has 0 bridgehead atoms. The van der Waals surface area contributed by atoms with Crippen LogP contribution >= 0.6 is 0 Å². The second kappa shape index (κ2) is 4.52. The highest BCUT2D eigenvalue weighted by Crippen LogP contribution is 2.49. The zero-order valence-electron chi connectivity index (χ0n) is 9.86. The van der Waals surface area contributed by atoms with Gasteiger partial charge < -0.3 is 10.2 Å². The molecule has 0 aromatic carbocycles. The molecule has 0 saturated heterocycles. The van der Waals surface area contributed by atoms with Crippen molar-refractivity contribution in [2.75, 3.05) is 6.61 Å². The molecule has 0 aromatic rings. The van der Waals surface area contributed by atoms with Crippen molar-refractivity contribution in [3.63, 3.8) is 0 Å². The van der Waals surface area contributed by atoms with E-state index in [2.05, 4.69) is 20.8 Å². The number of hydrogen-bond donors (Lipinski definition) is 2. The van der Waals surface area contributed by atoms with Gasteiger partial charge in [0.05, 0.1) is 6.42 Å². The summed E-state index contributed by atoms with van der Waals surface area (Å²) in [7, 11) is 0. The Hall–Kier alpha value is -0.570. The van der Waals surface area contributed by atoms with Crippen molar-refractivity contribution in [2.24, 2.45) is 23.2 Å². The van der Waals surface area contributed by atoms with Crippen LogP contribution in [0, 0.1) is 23.2 Å². The van der Waals surface area contributed by atoms with Crippen LogP contribution in [0.25, 0.3) is 0 Å². The van der Waals surface area contributed by atoms with E-state index in [0.717, 1.165) is 12.8 Å². The zero-order valence-corrected chi connectivity index (χ0v) is 9.86. The van der Waals surface area contributed by atoms with Crippen molar-refractivity contribution >= 4 is 5.97 Å². The second-order valence-corrected chi connectivity index (χ2v) is 5.34. The molecule has 2 unspecified atom stereocenters. The molecule has 2 atom stereocenters. The molecule has 1 aliphatic rings. The molecule has 1 rings (SSSR count). The minimum Gasteiger partial charge on any atom is -0.481 e. The van der Waals surface area contributed by atoms with Gasteiger partial charge in [-0.15, -0.1) is 0 Å². The Morgan fingerprint density at radius 3 is 2.07 bits per heavy atom. The lowest BCUT2D eigenvalue weighted by molar-refractivity contribution is -0.146. The van der Waals surface area contributed by atoms with E-state index in [1.54, 1.807) is 0 Å². The Kier molecular flexibility index (Phi) is 3.77. The van der Waals surface area contributed by atoms with Crippen LogP contribution in [0.2, 0.25) is 0 Å². The fourth-order valence-electron chi connectivity index (χ4n) is 3.26. The molecule has 2 N–H and O–H groups in total. The first kappa shape index (κ1) is 12.5. The van der Waals surface area contributed by atoms with Gasteiger partial charge in [-0.25, -0.2) is 0 Å². The molecule has 1 aliphatic carbocycles. The van der Waals surface area contributed by atoms with Gasteiger partial charge in [-0.2, -0.15) is 0 Å². The summed E-state index contributed by atoms with van der Waals surface area (Å²) < 4.78 is 0. The highest BCUT2D eigenvalue weighted by atomic mass is 16.4. The topological polar surface area (TPSA) is 57.5 Å². The monoisotopic (exact) mass is 214 g/mol. The number of carboxylic acid groups (broad SMARTS) is 1. The minimum absolute atomic E-state index is 0.00560. The molecule has 1 saturated carbocycles. The number of carboxylic acids is 1. The van der Waals surface area contributed by atoms with Crippen LogP contribution in [-0.4, -0.2) is 22.8 Å². The normalized spacial score (nSPS) is 41.5. The third-order valence-electron chi connectivity index (χ3n) is 4.25. The second-order valence-electron chi connectivity index (χ2n) is 5.34. The van der Waals surface area contributed by atoms with Gasteiger partial charge in [0.1, 0.15) is 0 Å². The van der Waals surface area contributed by atoms with Gasteiger partial charge in [-0.1, -0.05) is 20.8 Å². The molecular weight excluding hydrogens is 192 g/mol. The zero-order chi connectivity index (χ0) is 11.6. The first-order chi connectivity index (χ1) is 6.92. The van der Waals surface area contributed by atoms with Crippen LogP contribution in [0.4, 0.5) is 0 Å². The van der Waals surface area contributed by atoms with Gasteiger partial charge in [0.25, 0.3) is 0 Å². The summed E-state index contributed by atoms with van der Waals surface area (Å²) in [6.07, 6.45) is 2.15. The number of aliphatic hydroxyl groups excluding tert-OH is 1. The van der Waals surface area contributed by atoms with Crippen LogP contribution in [0.3, 0.4) is 0 Å². The third kappa shape index (κ3) is 2.33. The highest BCUT2D eigenvalue weighted by molar-refractivity contribution is 5.67. The largest absolute Gasteiger partial charge is 0.481 e. The number of aliphatic carboxylic acids is 1. The number of carbonyl (C=O) groups is 1. The molecule has 15 heavy (non-hydrogen) atoms. The summed E-state index contributed by atoms with van der Waals surface area (Å²) in [4.78, 5) is 10.9. The average molecular weight is 214 g/mol. The molecule has 0 heterocycles. The van der Waals surface area contributed by atoms with Crippen LogP contribution in [0.1, 0.15) is 40.0 Å². The lowest BCUT2D eigenvalue weighted by Gasteiger charge is -2.47. The van der Waals surface area contributed by atoms with Gasteiger partial charge in [0, 0.05) is 12.0 Å². The Labute approximate surface area is 91.5 Å². The molecule has 1 fully saturated rings. The van der Waals surface area contributed by atoms with Crippen molar-refractivity contribution in [3.05, 3.63) is 0 Å². The lowest BCUT2D eigenvalue weighted by atomic mass is 9.58. The minimum atomic E-state index is -0.794. The third-order valence-corrected chi connectivity index (χ3v) is 4.25. The van der Waals surface area contributed by atoms with E-state index in [1.165, 1.54) is 0 Å². The molecule has 0 radical (unpaired) electrons. The maximum Gasteiger partial charge on any atom is 0.304 e. The predicted octanol–water partition coefficient (Wildman–Crippen LogP) is 2.14. The highest BCUT2D eigenvalue weighted by Gasteiger charge is 2.46. The van der Waals surface area contributed by atoms with E-state index in [9.17, 15) is 9.90 Å². The van der Waals surface area contributed by atoms with Crippen LogP contribution < -0.4 is 0 Å².